The highest BCUT2D eigenvalue weighted by Gasteiger charge is 2.29. The van der Waals surface area contributed by atoms with Crippen LogP contribution in [0.25, 0.3) is 0 Å². The number of aromatic nitrogens is 1. The molecular weight excluding hydrogens is 390 g/mol. The molecule has 0 bridgehead atoms. The minimum Gasteiger partial charge on any atom is -0.482 e. The molecule has 1 aromatic heterocycles. The molecule has 7 nitrogen and oxygen atoms in total. The summed E-state index contributed by atoms with van der Waals surface area (Å²) in [5.41, 5.74) is 2.27. The molecule has 0 radical (unpaired) electrons. The zero-order valence-electron chi connectivity index (χ0n) is 16.9. The van der Waals surface area contributed by atoms with E-state index in [1.165, 1.54) is 11.3 Å². The molecule has 8 heteroatoms. The first-order valence-corrected chi connectivity index (χ1v) is 10.6. The van der Waals surface area contributed by atoms with E-state index in [-0.39, 0.29) is 23.8 Å². The van der Waals surface area contributed by atoms with Gasteiger partial charge in [-0.15, -0.1) is 11.3 Å². The summed E-state index contributed by atoms with van der Waals surface area (Å²) in [5, 5.41) is 2.49. The fraction of sp³-hybridized carbons (Fsp3) is 0.476. The molecule has 1 fully saturated rings. The van der Waals surface area contributed by atoms with Crippen LogP contribution in [0.1, 0.15) is 41.8 Å². The molecule has 0 unspecified atom stereocenters. The number of fused-ring (bicyclic) bond motifs is 1. The predicted molar refractivity (Wildman–Crippen MR) is 111 cm³/mol. The van der Waals surface area contributed by atoms with Gasteiger partial charge in [-0.1, -0.05) is 26.8 Å². The number of ether oxygens (including phenoxy) is 2. The van der Waals surface area contributed by atoms with Crippen LogP contribution in [-0.4, -0.2) is 54.6 Å². The fourth-order valence-corrected chi connectivity index (χ4v) is 4.14. The summed E-state index contributed by atoms with van der Waals surface area (Å²) in [4.78, 5) is 33.2. The number of anilines is 1. The van der Waals surface area contributed by atoms with Crippen molar-refractivity contribution in [1.29, 1.82) is 0 Å². The standard InChI is InChI=1S/C21H25N3O4S/c1-21(2,3)14-4-5-17-16(10-14)24(19(25)12-28-17)11-18-22-15(13-29-18)20(26)23-6-8-27-9-7-23/h4-5,10,13H,6-9,11-12H2,1-3H3. The molecule has 1 aromatic carbocycles. The van der Waals surface area contributed by atoms with E-state index in [9.17, 15) is 9.59 Å². The lowest BCUT2D eigenvalue weighted by molar-refractivity contribution is -0.121. The molecule has 154 valence electrons. The second-order valence-electron chi connectivity index (χ2n) is 8.23. The molecule has 0 N–H and O–H groups in total. The Morgan fingerprint density at radius 3 is 2.72 bits per heavy atom. The Morgan fingerprint density at radius 1 is 1.24 bits per heavy atom. The Balaban J connectivity index is 1.56. The molecule has 29 heavy (non-hydrogen) atoms. The van der Waals surface area contributed by atoms with Gasteiger partial charge in [0.25, 0.3) is 11.8 Å². The highest BCUT2D eigenvalue weighted by atomic mass is 32.1. The van der Waals surface area contributed by atoms with Crippen LogP contribution in [-0.2, 0) is 21.5 Å². The van der Waals surface area contributed by atoms with Crippen LogP contribution in [0.15, 0.2) is 23.6 Å². The molecule has 4 rings (SSSR count). The second-order valence-corrected chi connectivity index (χ2v) is 9.17. The van der Waals surface area contributed by atoms with Crippen LogP contribution < -0.4 is 9.64 Å². The molecule has 0 saturated carbocycles. The van der Waals surface area contributed by atoms with Crippen molar-refractivity contribution in [2.45, 2.75) is 32.7 Å². The predicted octanol–water partition coefficient (Wildman–Crippen LogP) is 2.84. The second kappa shape index (κ2) is 7.76. The summed E-state index contributed by atoms with van der Waals surface area (Å²) in [6, 6.07) is 5.97. The molecule has 0 aliphatic carbocycles. The highest BCUT2D eigenvalue weighted by Crippen LogP contribution is 2.37. The maximum absolute atomic E-state index is 12.6. The third-order valence-electron chi connectivity index (χ3n) is 5.13. The summed E-state index contributed by atoms with van der Waals surface area (Å²) in [5.74, 6) is 0.498. The van der Waals surface area contributed by atoms with Crippen molar-refractivity contribution < 1.29 is 19.1 Å². The fourth-order valence-electron chi connectivity index (χ4n) is 3.39. The normalized spacial score (nSPS) is 17.1. The monoisotopic (exact) mass is 415 g/mol. The molecule has 2 amide bonds. The van der Waals surface area contributed by atoms with Crippen molar-refractivity contribution >= 4 is 28.8 Å². The Labute approximate surface area is 174 Å². The number of benzene rings is 1. The molecule has 2 aliphatic heterocycles. The maximum atomic E-state index is 12.6. The van der Waals surface area contributed by atoms with Gasteiger partial charge in [0.05, 0.1) is 25.4 Å². The molecule has 2 aromatic rings. The highest BCUT2D eigenvalue weighted by molar-refractivity contribution is 7.09. The molecule has 1 saturated heterocycles. The van der Waals surface area contributed by atoms with Crippen molar-refractivity contribution in [3.8, 4) is 5.75 Å². The van der Waals surface area contributed by atoms with Gasteiger partial charge < -0.3 is 14.4 Å². The van der Waals surface area contributed by atoms with Crippen LogP contribution >= 0.6 is 11.3 Å². The molecule has 2 aliphatic rings. The zero-order chi connectivity index (χ0) is 20.6. The van der Waals surface area contributed by atoms with Crippen molar-refractivity contribution in [2.24, 2.45) is 0 Å². The van der Waals surface area contributed by atoms with E-state index in [0.717, 1.165) is 16.3 Å². The first-order chi connectivity index (χ1) is 13.8. The number of morpholine rings is 1. The van der Waals surface area contributed by atoms with Crippen LogP contribution in [0.2, 0.25) is 0 Å². The minimum absolute atomic E-state index is 0.00675. The Bertz CT molecular complexity index is 928. The van der Waals surface area contributed by atoms with Gasteiger partial charge in [-0.3, -0.25) is 14.5 Å². The van der Waals surface area contributed by atoms with Crippen molar-refractivity contribution in [3.05, 3.63) is 39.8 Å². The molecular formula is C21H25N3O4S. The van der Waals surface area contributed by atoms with E-state index in [1.807, 2.05) is 18.2 Å². The third kappa shape index (κ3) is 4.13. The van der Waals surface area contributed by atoms with Gasteiger partial charge in [-0.05, 0) is 23.1 Å². The van der Waals surface area contributed by atoms with Crippen LogP contribution in [0.5, 0.6) is 5.75 Å². The number of amides is 2. The lowest BCUT2D eigenvalue weighted by atomic mass is 9.86. The van der Waals surface area contributed by atoms with E-state index in [0.29, 0.717) is 44.3 Å². The third-order valence-corrected chi connectivity index (χ3v) is 5.96. The van der Waals surface area contributed by atoms with Gasteiger partial charge in [0.2, 0.25) is 0 Å². The lowest BCUT2D eigenvalue weighted by Gasteiger charge is -2.31. The van der Waals surface area contributed by atoms with E-state index < -0.39 is 0 Å². The number of carbonyl (C=O) groups is 2. The zero-order valence-corrected chi connectivity index (χ0v) is 17.8. The number of hydrogen-bond acceptors (Lipinski definition) is 6. The summed E-state index contributed by atoms with van der Waals surface area (Å²) < 4.78 is 10.9. The average molecular weight is 416 g/mol. The molecule has 0 spiro atoms. The van der Waals surface area contributed by atoms with Crippen LogP contribution in [0.4, 0.5) is 5.69 Å². The summed E-state index contributed by atoms with van der Waals surface area (Å²) in [7, 11) is 0. The van der Waals surface area contributed by atoms with Gasteiger partial charge in [0, 0.05) is 18.5 Å². The topological polar surface area (TPSA) is 72.0 Å². The van der Waals surface area contributed by atoms with E-state index >= 15 is 0 Å². The lowest BCUT2D eigenvalue weighted by Crippen LogP contribution is -2.41. The average Bonchev–Trinajstić information content (AvgIpc) is 3.18. The maximum Gasteiger partial charge on any atom is 0.273 e. The van der Waals surface area contributed by atoms with Crippen molar-refractivity contribution in [3.63, 3.8) is 0 Å². The first kappa shape index (κ1) is 19.8. The Kier molecular flexibility index (Phi) is 5.31. The summed E-state index contributed by atoms with van der Waals surface area (Å²) in [6.07, 6.45) is 0. The van der Waals surface area contributed by atoms with Gasteiger partial charge >= 0.3 is 0 Å². The van der Waals surface area contributed by atoms with E-state index in [1.54, 1.807) is 15.2 Å². The number of hydrogen-bond donors (Lipinski definition) is 0. The summed E-state index contributed by atoms with van der Waals surface area (Å²) >= 11 is 1.40. The van der Waals surface area contributed by atoms with Crippen molar-refractivity contribution in [2.75, 3.05) is 37.8 Å². The van der Waals surface area contributed by atoms with Gasteiger partial charge in [-0.2, -0.15) is 0 Å². The number of carbonyl (C=O) groups excluding carboxylic acids is 2. The smallest absolute Gasteiger partial charge is 0.273 e. The molecule has 3 heterocycles. The summed E-state index contributed by atoms with van der Waals surface area (Å²) in [6.45, 7) is 9.00. The van der Waals surface area contributed by atoms with Gasteiger partial charge in [0.1, 0.15) is 16.5 Å². The van der Waals surface area contributed by atoms with Crippen LogP contribution in [0, 0.1) is 0 Å². The molecule has 0 atom stereocenters. The van der Waals surface area contributed by atoms with E-state index in [4.69, 9.17) is 9.47 Å². The Hall–Kier alpha value is -2.45. The Morgan fingerprint density at radius 2 is 2.00 bits per heavy atom. The van der Waals surface area contributed by atoms with Crippen molar-refractivity contribution in [1.82, 2.24) is 9.88 Å². The number of nitrogens with zero attached hydrogens (tertiary/aromatic N) is 3. The quantitative estimate of drug-likeness (QED) is 0.771. The van der Waals surface area contributed by atoms with Crippen LogP contribution in [0.3, 0.4) is 0 Å². The van der Waals surface area contributed by atoms with Gasteiger partial charge in [0.15, 0.2) is 6.61 Å². The SMILES string of the molecule is CC(C)(C)c1ccc2c(c1)N(Cc1nc(C(=O)N3CCOCC3)cs1)C(=O)CO2. The van der Waals surface area contributed by atoms with Gasteiger partial charge in [-0.25, -0.2) is 4.98 Å². The minimum atomic E-state index is -0.111. The van der Waals surface area contributed by atoms with E-state index in [2.05, 4.69) is 25.8 Å². The largest absolute Gasteiger partial charge is 0.482 e. The first-order valence-electron chi connectivity index (χ1n) is 9.72. The number of thiazole rings is 1. The number of rotatable bonds is 3.